The van der Waals surface area contributed by atoms with E-state index in [4.69, 9.17) is 0 Å². The lowest BCUT2D eigenvalue weighted by Gasteiger charge is -1.99. The van der Waals surface area contributed by atoms with E-state index in [0.717, 1.165) is 12.3 Å². The van der Waals surface area contributed by atoms with Gasteiger partial charge in [-0.3, -0.25) is 0 Å². The van der Waals surface area contributed by atoms with Crippen LogP contribution in [0.3, 0.4) is 0 Å². The van der Waals surface area contributed by atoms with Crippen molar-refractivity contribution in [1.82, 2.24) is 0 Å². The SMILES string of the molecule is Bc1cc(F)c(F)c(/C=N/OC)c1. The van der Waals surface area contributed by atoms with Crippen LogP contribution in [0.4, 0.5) is 8.78 Å². The molecule has 2 nitrogen and oxygen atoms in total. The second-order valence-electron chi connectivity index (χ2n) is 2.57. The van der Waals surface area contributed by atoms with E-state index in [-0.39, 0.29) is 5.56 Å². The van der Waals surface area contributed by atoms with E-state index in [2.05, 4.69) is 9.99 Å². The second kappa shape index (κ2) is 4.02. The van der Waals surface area contributed by atoms with Crippen LogP contribution in [0.5, 0.6) is 0 Å². The van der Waals surface area contributed by atoms with Gasteiger partial charge in [0, 0.05) is 5.56 Å². The molecule has 1 aromatic rings. The summed E-state index contributed by atoms with van der Waals surface area (Å²) in [7, 11) is 3.01. The molecular weight excluding hydrogens is 175 g/mol. The van der Waals surface area contributed by atoms with Gasteiger partial charge in [-0.05, 0) is 6.07 Å². The Morgan fingerprint density at radius 1 is 1.46 bits per heavy atom. The summed E-state index contributed by atoms with van der Waals surface area (Å²) in [5.41, 5.74) is 0.718. The molecule has 1 aromatic carbocycles. The molecule has 0 heterocycles. The maximum atomic E-state index is 13.0. The van der Waals surface area contributed by atoms with E-state index in [1.54, 1.807) is 7.85 Å². The predicted molar refractivity (Wildman–Crippen MR) is 49.1 cm³/mol. The third-order valence-corrected chi connectivity index (χ3v) is 1.50. The Morgan fingerprint density at radius 2 is 2.15 bits per heavy atom. The second-order valence-corrected chi connectivity index (χ2v) is 2.57. The first kappa shape index (κ1) is 9.70. The van der Waals surface area contributed by atoms with Gasteiger partial charge in [0.1, 0.15) is 15.0 Å². The fraction of sp³-hybridized carbons (Fsp3) is 0.125. The van der Waals surface area contributed by atoms with Gasteiger partial charge in [0.05, 0.1) is 6.21 Å². The van der Waals surface area contributed by atoms with Crippen LogP contribution in [-0.2, 0) is 4.84 Å². The van der Waals surface area contributed by atoms with Crippen LogP contribution in [0.15, 0.2) is 17.3 Å². The first-order valence-electron chi connectivity index (χ1n) is 3.67. The molecule has 0 N–H and O–H groups in total. The fourth-order valence-corrected chi connectivity index (χ4v) is 0.955. The summed E-state index contributed by atoms with van der Waals surface area (Å²) in [6, 6.07) is 2.61. The Balaban J connectivity index is 3.12. The van der Waals surface area contributed by atoms with Gasteiger partial charge in [0.2, 0.25) is 0 Å². The number of oxime groups is 1. The maximum absolute atomic E-state index is 13.0. The van der Waals surface area contributed by atoms with E-state index in [0.29, 0.717) is 5.46 Å². The summed E-state index contributed by atoms with van der Waals surface area (Å²) < 4.78 is 25.8. The van der Waals surface area contributed by atoms with E-state index in [1.807, 2.05) is 0 Å². The highest BCUT2D eigenvalue weighted by atomic mass is 19.2. The summed E-state index contributed by atoms with van der Waals surface area (Å²) in [4.78, 5) is 4.36. The Labute approximate surface area is 75.6 Å². The van der Waals surface area contributed by atoms with Crippen LogP contribution in [0.2, 0.25) is 0 Å². The Kier molecular flexibility index (Phi) is 3.00. The van der Waals surface area contributed by atoms with Crippen molar-refractivity contribution in [2.45, 2.75) is 0 Å². The van der Waals surface area contributed by atoms with Crippen molar-refractivity contribution in [3.63, 3.8) is 0 Å². The molecule has 0 aromatic heterocycles. The molecule has 0 unspecified atom stereocenters. The third-order valence-electron chi connectivity index (χ3n) is 1.50. The van der Waals surface area contributed by atoms with Crippen molar-refractivity contribution in [2.24, 2.45) is 5.16 Å². The van der Waals surface area contributed by atoms with Gasteiger partial charge in [-0.15, -0.1) is 0 Å². The Morgan fingerprint density at radius 3 is 2.77 bits per heavy atom. The third kappa shape index (κ3) is 2.27. The number of nitrogens with zero attached hydrogens (tertiary/aromatic N) is 1. The van der Waals surface area contributed by atoms with Crippen molar-refractivity contribution in [3.8, 4) is 0 Å². The molecular formula is C8H8BF2NO. The lowest BCUT2D eigenvalue weighted by Crippen LogP contribution is -2.08. The minimum atomic E-state index is -0.911. The van der Waals surface area contributed by atoms with Crippen LogP contribution < -0.4 is 5.46 Å². The zero-order valence-electron chi connectivity index (χ0n) is 7.34. The molecule has 0 saturated heterocycles. The molecule has 0 spiro atoms. The van der Waals surface area contributed by atoms with Crippen molar-refractivity contribution < 1.29 is 13.6 Å². The summed E-state index contributed by atoms with van der Waals surface area (Å²) in [5.74, 6) is -1.79. The van der Waals surface area contributed by atoms with Gasteiger partial charge in [0.15, 0.2) is 11.6 Å². The number of halogens is 2. The molecule has 1 rings (SSSR count). The minimum absolute atomic E-state index is 0.0827. The van der Waals surface area contributed by atoms with Gasteiger partial charge in [0.25, 0.3) is 0 Å². The van der Waals surface area contributed by atoms with Crippen molar-refractivity contribution in [3.05, 3.63) is 29.3 Å². The fourth-order valence-electron chi connectivity index (χ4n) is 0.955. The number of hydrogen-bond donors (Lipinski definition) is 0. The first-order valence-corrected chi connectivity index (χ1v) is 3.67. The zero-order chi connectivity index (χ0) is 9.84. The van der Waals surface area contributed by atoms with Gasteiger partial charge < -0.3 is 4.84 Å². The lowest BCUT2D eigenvalue weighted by molar-refractivity contribution is 0.215. The van der Waals surface area contributed by atoms with Crippen molar-refractivity contribution in [1.29, 1.82) is 0 Å². The summed E-state index contributed by atoms with van der Waals surface area (Å²) in [6.45, 7) is 0. The van der Waals surface area contributed by atoms with Crippen LogP contribution >= 0.6 is 0 Å². The molecule has 0 aliphatic carbocycles. The van der Waals surface area contributed by atoms with E-state index < -0.39 is 11.6 Å². The molecule has 0 aliphatic heterocycles. The molecule has 0 fully saturated rings. The smallest absolute Gasteiger partial charge is 0.167 e. The number of rotatable bonds is 2. The highest BCUT2D eigenvalue weighted by Gasteiger charge is 2.06. The van der Waals surface area contributed by atoms with E-state index >= 15 is 0 Å². The molecule has 0 aliphatic rings. The molecule has 0 amide bonds. The van der Waals surface area contributed by atoms with Gasteiger partial charge in [-0.1, -0.05) is 16.7 Å². The van der Waals surface area contributed by atoms with Crippen molar-refractivity contribution >= 4 is 19.5 Å². The number of benzene rings is 1. The standard InChI is InChI=1S/C8H8BF2NO/c1-13-12-4-5-2-6(9)3-7(10)8(5)11/h2-4H,9H2,1H3/b12-4+. The Bertz CT molecular complexity index is 341. The first-order chi connectivity index (χ1) is 6.15. The maximum Gasteiger partial charge on any atom is 0.167 e. The van der Waals surface area contributed by atoms with Gasteiger partial charge >= 0.3 is 0 Å². The molecule has 13 heavy (non-hydrogen) atoms. The topological polar surface area (TPSA) is 21.6 Å². The summed E-state index contributed by atoms with van der Waals surface area (Å²) in [6.07, 6.45) is 1.13. The average molecular weight is 183 g/mol. The van der Waals surface area contributed by atoms with E-state index in [9.17, 15) is 8.78 Å². The van der Waals surface area contributed by atoms with Gasteiger partial charge in [-0.2, -0.15) is 0 Å². The van der Waals surface area contributed by atoms with Crippen LogP contribution in [0.1, 0.15) is 5.56 Å². The van der Waals surface area contributed by atoms with Crippen molar-refractivity contribution in [2.75, 3.05) is 7.11 Å². The van der Waals surface area contributed by atoms with Crippen LogP contribution in [0, 0.1) is 11.6 Å². The van der Waals surface area contributed by atoms with Crippen LogP contribution in [-0.4, -0.2) is 21.2 Å². The largest absolute Gasteiger partial charge is 0.399 e. The molecule has 0 radical (unpaired) electrons. The normalized spacial score (nSPS) is 10.7. The highest BCUT2D eigenvalue weighted by Crippen LogP contribution is 2.07. The molecule has 0 bridgehead atoms. The minimum Gasteiger partial charge on any atom is -0.399 e. The molecule has 68 valence electrons. The Hall–Kier alpha value is -1.39. The van der Waals surface area contributed by atoms with Crippen LogP contribution in [0.25, 0.3) is 0 Å². The summed E-state index contributed by atoms with van der Waals surface area (Å²) >= 11 is 0. The predicted octanol–water partition coefficient (Wildman–Crippen LogP) is 0.204. The quantitative estimate of drug-likeness (QED) is 0.364. The highest BCUT2D eigenvalue weighted by molar-refractivity contribution is 6.32. The average Bonchev–Trinajstić information content (AvgIpc) is 2.09. The zero-order valence-corrected chi connectivity index (χ0v) is 7.34. The lowest BCUT2D eigenvalue weighted by atomic mass is 9.94. The molecule has 0 atom stereocenters. The summed E-state index contributed by atoms with van der Waals surface area (Å²) in [5, 5.41) is 3.35. The monoisotopic (exact) mass is 183 g/mol. The molecule has 5 heteroatoms. The number of hydrogen-bond acceptors (Lipinski definition) is 2. The molecule has 0 saturated carbocycles. The van der Waals surface area contributed by atoms with E-state index in [1.165, 1.54) is 13.2 Å². The van der Waals surface area contributed by atoms with Gasteiger partial charge in [-0.25, -0.2) is 8.78 Å².